The number of carboxylic acid groups (broad SMARTS) is 1. The lowest BCUT2D eigenvalue weighted by atomic mass is 9.94. The first-order chi connectivity index (χ1) is 18.9. The van der Waals surface area contributed by atoms with E-state index in [1.165, 1.54) is 30.3 Å². The van der Waals surface area contributed by atoms with Crippen LogP contribution < -0.4 is 5.32 Å². The normalized spacial score (nSPS) is 13.4. The molecule has 0 aromatic heterocycles. The Morgan fingerprint density at radius 2 is 1.73 bits per heavy atom. The van der Waals surface area contributed by atoms with Crippen molar-refractivity contribution in [3.8, 4) is 11.1 Å². The maximum Gasteiger partial charge on any atom is 0.416 e. The molecule has 3 rings (SSSR count). The summed E-state index contributed by atoms with van der Waals surface area (Å²) < 4.78 is 82.2. The first-order valence-electron chi connectivity index (χ1n) is 12.3. The summed E-state index contributed by atoms with van der Waals surface area (Å²) in [5, 5.41) is 22.9. The van der Waals surface area contributed by atoms with Crippen LogP contribution in [0.25, 0.3) is 11.1 Å². The fourth-order valence-electron chi connectivity index (χ4n) is 4.17. The average Bonchev–Trinajstić information content (AvgIpc) is 2.88. The second kappa shape index (κ2) is 12.5. The maximum atomic E-state index is 13.8. The number of aliphatic hydroxyl groups is 1. The molecule has 7 nitrogen and oxygen atoms in total. The number of carboxylic acids is 1. The van der Waals surface area contributed by atoms with Crippen molar-refractivity contribution >= 4 is 27.6 Å². The Balaban J connectivity index is 1.79. The monoisotopic (exact) mass is 616 g/mol. The summed E-state index contributed by atoms with van der Waals surface area (Å²) >= 11 is 5.72. The Morgan fingerprint density at radius 1 is 1.05 bits per heavy atom. The molecule has 0 unspecified atom stereocenters. The van der Waals surface area contributed by atoms with Crippen molar-refractivity contribution < 1.29 is 41.0 Å². The molecule has 3 N–H and O–H groups in total. The maximum absolute atomic E-state index is 13.8. The van der Waals surface area contributed by atoms with Crippen LogP contribution in [0.3, 0.4) is 0 Å². The standard InChI is InChI=1S/C28H29ClF4N2O5S/c1-27(2,14-17-7-8-24(29)25(30)9-17)34-15-22(36)16-35(3)41(39,40)23-12-20(11-21(13-23)28(31,32)33)18-5-4-6-19(10-18)26(37)38/h4-13,22,34,36H,14-16H2,1-3H3,(H,37,38)/t22-/m1/s1. The lowest BCUT2D eigenvalue weighted by molar-refractivity contribution is -0.137. The second-order valence-electron chi connectivity index (χ2n) is 10.3. The smallest absolute Gasteiger partial charge is 0.416 e. The van der Waals surface area contributed by atoms with Crippen LogP contribution in [0.5, 0.6) is 0 Å². The SMILES string of the molecule is CN(C[C@H](O)CNC(C)(C)Cc1ccc(Cl)c(F)c1)S(=O)(=O)c1cc(-c2cccc(C(=O)O)c2)cc(C(F)(F)F)c1. The zero-order valence-corrected chi connectivity index (χ0v) is 23.9. The van der Waals surface area contributed by atoms with E-state index in [0.717, 1.165) is 29.6 Å². The van der Waals surface area contributed by atoms with Crippen LogP contribution in [0, 0.1) is 5.82 Å². The van der Waals surface area contributed by atoms with Gasteiger partial charge in [-0.1, -0.05) is 29.8 Å². The van der Waals surface area contributed by atoms with Crippen molar-refractivity contribution in [3.05, 3.63) is 88.2 Å². The molecule has 0 heterocycles. The third-order valence-corrected chi connectivity index (χ3v) is 8.41. The summed E-state index contributed by atoms with van der Waals surface area (Å²) in [5.74, 6) is -1.86. The Kier molecular flexibility index (Phi) is 9.87. The quantitative estimate of drug-likeness (QED) is 0.247. The van der Waals surface area contributed by atoms with Gasteiger partial charge in [0.05, 0.1) is 27.1 Å². The molecular formula is C28H29ClF4N2O5S. The van der Waals surface area contributed by atoms with E-state index >= 15 is 0 Å². The average molecular weight is 617 g/mol. The van der Waals surface area contributed by atoms with E-state index in [4.69, 9.17) is 11.6 Å². The fourth-order valence-corrected chi connectivity index (χ4v) is 5.56. The van der Waals surface area contributed by atoms with Gasteiger partial charge in [0.15, 0.2) is 0 Å². The molecule has 0 radical (unpaired) electrons. The van der Waals surface area contributed by atoms with Crippen LogP contribution in [0.4, 0.5) is 17.6 Å². The Bertz CT molecular complexity index is 1530. The summed E-state index contributed by atoms with van der Waals surface area (Å²) in [6, 6.07) is 11.8. The van der Waals surface area contributed by atoms with Gasteiger partial charge >= 0.3 is 12.1 Å². The number of sulfonamides is 1. The van der Waals surface area contributed by atoms with Gasteiger partial charge in [-0.3, -0.25) is 0 Å². The van der Waals surface area contributed by atoms with Gasteiger partial charge in [0.25, 0.3) is 0 Å². The van der Waals surface area contributed by atoms with Gasteiger partial charge in [0.2, 0.25) is 10.0 Å². The summed E-state index contributed by atoms with van der Waals surface area (Å²) in [4.78, 5) is 10.7. The number of likely N-dealkylation sites (N-methyl/N-ethyl adjacent to an activating group) is 1. The number of benzene rings is 3. The van der Waals surface area contributed by atoms with E-state index in [1.54, 1.807) is 19.9 Å². The predicted molar refractivity (Wildman–Crippen MR) is 147 cm³/mol. The minimum Gasteiger partial charge on any atom is -0.478 e. The predicted octanol–water partition coefficient (Wildman–Crippen LogP) is 5.46. The molecule has 0 fully saturated rings. The number of nitrogens with one attached hydrogen (secondary N) is 1. The highest BCUT2D eigenvalue weighted by Gasteiger charge is 2.34. The van der Waals surface area contributed by atoms with E-state index in [9.17, 15) is 41.0 Å². The molecule has 0 spiro atoms. The topological polar surface area (TPSA) is 107 Å². The van der Waals surface area contributed by atoms with E-state index in [-0.39, 0.29) is 28.3 Å². The zero-order valence-electron chi connectivity index (χ0n) is 22.3. The molecule has 0 aliphatic rings. The molecule has 0 aliphatic carbocycles. The lowest BCUT2D eigenvalue weighted by Crippen LogP contribution is -2.47. The number of aliphatic hydroxyl groups excluding tert-OH is 1. The van der Waals surface area contributed by atoms with Gasteiger partial charge in [0.1, 0.15) is 5.82 Å². The van der Waals surface area contributed by atoms with Gasteiger partial charge in [0, 0.05) is 25.7 Å². The molecule has 3 aromatic carbocycles. The number of halogens is 5. The molecule has 0 bridgehead atoms. The van der Waals surface area contributed by atoms with Crippen molar-refractivity contribution in [1.82, 2.24) is 9.62 Å². The first kappa shape index (κ1) is 32.5. The number of nitrogens with zero attached hydrogens (tertiary/aromatic N) is 1. The van der Waals surface area contributed by atoms with Crippen molar-refractivity contribution in [2.75, 3.05) is 20.1 Å². The largest absolute Gasteiger partial charge is 0.478 e. The van der Waals surface area contributed by atoms with Gasteiger partial charge in [-0.2, -0.15) is 17.5 Å². The Morgan fingerprint density at radius 3 is 2.34 bits per heavy atom. The molecule has 3 aromatic rings. The number of hydrogen-bond acceptors (Lipinski definition) is 5. The number of hydrogen-bond donors (Lipinski definition) is 3. The second-order valence-corrected chi connectivity index (χ2v) is 12.7. The molecule has 0 saturated heterocycles. The number of alkyl halides is 3. The molecule has 13 heteroatoms. The molecule has 0 amide bonds. The van der Waals surface area contributed by atoms with Crippen LogP contribution in [-0.4, -0.2) is 60.7 Å². The summed E-state index contributed by atoms with van der Waals surface area (Å²) in [6.45, 7) is 3.09. The molecular weight excluding hydrogens is 588 g/mol. The van der Waals surface area contributed by atoms with Crippen molar-refractivity contribution in [1.29, 1.82) is 0 Å². The number of β-amino-alcohol motifs (C(OH)–C–C–N with tert-alkyl or cyclic N) is 1. The van der Waals surface area contributed by atoms with Gasteiger partial charge < -0.3 is 15.5 Å². The van der Waals surface area contributed by atoms with E-state index < -0.39 is 56.6 Å². The third kappa shape index (κ3) is 8.49. The third-order valence-electron chi connectivity index (χ3n) is 6.30. The summed E-state index contributed by atoms with van der Waals surface area (Å²) in [5.41, 5.74) is -1.46. The number of aromatic carboxylic acids is 1. The summed E-state index contributed by atoms with van der Waals surface area (Å²) in [7, 11) is -3.38. The van der Waals surface area contributed by atoms with Crippen LogP contribution in [0.1, 0.15) is 35.3 Å². The highest BCUT2D eigenvalue weighted by Crippen LogP contribution is 2.35. The van der Waals surface area contributed by atoms with Crippen LogP contribution >= 0.6 is 11.6 Å². The molecule has 41 heavy (non-hydrogen) atoms. The van der Waals surface area contributed by atoms with Crippen molar-refractivity contribution in [2.45, 2.75) is 43.0 Å². The Hall–Kier alpha value is -3.03. The zero-order chi connectivity index (χ0) is 30.8. The molecule has 0 aliphatic heterocycles. The molecule has 1 atom stereocenters. The van der Waals surface area contributed by atoms with Crippen LogP contribution in [0.2, 0.25) is 5.02 Å². The van der Waals surface area contributed by atoms with Gasteiger partial charge in [-0.05, 0) is 79.4 Å². The van der Waals surface area contributed by atoms with Crippen molar-refractivity contribution in [3.63, 3.8) is 0 Å². The van der Waals surface area contributed by atoms with E-state index in [2.05, 4.69) is 5.32 Å². The number of rotatable bonds is 11. The van der Waals surface area contributed by atoms with Gasteiger partial charge in [-0.25, -0.2) is 17.6 Å². The lowest BCUT2D eigenvalue weighted by Gasteiger charge is -2.29. The van der Waals surface area contributed by atoms with E-state index in [1.807, 2.05) is 0 Å². The molecule has 222 valence electrons. The molecule has 0 saturated carbocycles. The van der Waals surface area contributed by atoms with Crippen LogP contribution in [0.15, 0.2) is 65.6 Å². The minimum absolute atomic E-state index is 0.0131. The highest BCUT2D eigenvalue weighted by molar-refractivity contribution is 7.89. The van der Waals surface area contributed by atoms with Crippen LogP contribution in [-0.2, 0) is 22.6 Å². The fraction of sp³-hybridized carbons (Fsp3) is 0.321. The van der Waals surface area contributed by atoms with Gasteiger partial charge in [-0.15, -0.1) is 0 Å². The first-order valence-corrected chi connectivity index (χ1v) is 14.1. The highest BCUT2D eigenvalue weighted by atomic mass is 35.5. The Labute approximate surface area is 240 Å². The number of carbonyl (C=O) groups is 1. The minimum atomic E-state index is -4.88. The van der Waals surface area contributed by atoms with Crippen molar-refractivity contribution in [2.24, 2.45) is 0 Å². The van der Waals surface area contributed by atoms with E-state index in [0.29, 0.717) is 18.1 Å². The summed E-state index contributed by atoms with van der Waals surface area (Å²) in [6.07, 6.45) is -5.77.